The topological polar surface area (TPSA) is 77.6 Å². The lowest BCUT2D eigenvalue weighted by molar-refractivity contribution is 0.101. The summed E-state index contributed by atoms with van der Waals surface area (Å²) in [4.78, 5) is 20.7. The molecule has 0 saturated carbocycles. The maximum Gasteiger partial charge on any atom is 0.276 e. The molecule has 4 aromatic rings. The molecule has 0 fully saturated rings. The molecule has 0 aliphatic carbocycles. The number of amides is 1. The van der Waals surface area contributed by atoms with Gasteiger partial charge in [0.05, 0.1) is 19.1 Å². The minimum absolute atomic E-state index is 0.189. The van der Waals surface area contributed by atoms with Gasteiger partial charge in [0, 0.05) is 10.2 Å². The molecule has 28 heavy (non-hydrogen) atoms. The average molecular weight is 441 g/mol. The molecule has 9 heteroatoms. The summed E-state index contributed by atoms with van der Waals surface area (Å²) in [6, 6.07) is 13.6. The van der Waals surface area contributed by atoms with Gasteiger partial charge in [0.2, 0.25) is 5.95 Å². The fourth-order valence-corrected chi connectivity index (χ4v) is 2.91. The van der Waals surface area contributed by atoms with Crippen LogP contribution < -0.4 is 5.32 Å². The van der Waals surface area contributed by atoms with Crippen LogP contribution in [-0.4, -0.2) is 30.2 Å². The van der Waals surface area contributed by atoms with Gasteiger partial charge in [-0.25, -0.2) is 19.0 Å². The van der Waals surface area contributed by atoms with E-state index in [9.17, 15) is 9.18 Å². The van der Waals surface area contributed by atoms with E-state index >= 15 is 0 Å². The number of carbonyl (C=O) groups excluding carboxylic acids is 1. The van der Waals surface area contributed by atoms with Crippen molar-refractivity contribution >= 4 is 27.8 Å². The lowest BCUT2D eigenvalue weighted by Crippen LogP contribution is -2.17. The SMILES string of the molecule is O=C(Nc1ncn(Cc2ccc(Br)cc2)n1)c1cncn1-c1ccc(F)cc1. The summed E-state index contributed by atoms with van der Waals surface area (Å²) >= 11 is 3.40. The van der Waals surface area contributed by atoms with Gasteiger partial charge in [0.1, 0.15) is 17.8 Å². The van der Waals surface area contributed by atoms with E-state index in [-0.39, 0.29) is 17.5 Å². The fourth-order valence-electron chi connectivity index (χ4n) is 2.64. The molecule has 1 N–H and O–H groups in total. The third-order valence-corrected chi connectivity index (χ3v) is 4.52. The predicted molar refractivity (Wildman–Crippen MR) is 105 cm³/mol. The van der Waals surface area contributed by atoms with Crippen LogP contribution in [-0.2, 0) is 6.54 Å². The summed E-state index contributed by atoms with van der Waals surface area (Å²) in [7, 11) is 0. The van der Waals surface area contributed by atoms with Gasteiger partial charge in [-0.05, 0) is 42.0 Å². The van der Waals surface area contributed by atoms with Crippen LogP contribution in [0.4, 0.5) is 10.3 Å². The van der Waals surface area contributed by atoms with Gasteiger partial charge in [-0.2, -0.15) is 0 Å². The van der Waals surface area contributed by atoms with Crippen molar-refractivity contribution in [2.24, 2.45) is 0 Å². The second-order valence-corrected chi connectivity index (χ2v) is 6.89. The van der Waals surface area contributed by atoms with Gasteiger partial charge in [-0.15, -0.1) is 5.10 Å². The molecule has 2 aromatic heterocycles. The van der Waals surface area contributed by atoms with Crippen molar-refractivity contribution in [2.45, 2.75) is 6.54 Å². The van der Waals surface area contributed by atoms with E-state index in [1.165, 1.54) is 24.7 Å². The Balaban J connectivity index is 1.48. The molecule has 0 aliphatic rings. The Kier molecular flexibility index (Phi) is 4.98. The molecule has 7 nitrogen and oxygen atoms in total. The number of nitrogens with one attached hydrogen (secondary N) is 1. The Morgan fingerprint density at radius 2 is 1.82 bits per heavy atom. The second-order valence-electron chi connectivity index (χ2n) is 5.97. The van der Waals surface area contributed by atoms with Crippen LogP contribution >= 0.6 is 15.9 Å². The molecule has 1 amide bonds. The highest BCUT2D eigenvalue weighted by atomic mass is 79.9. The molecule has 2 aromatic carbocycles. The lowest BCUT2D eigenvalue weighted by atomic mass is 10.2. The predicted octanol–water partition coefficient (Wildman–Crippen LogP) is 3.67. The Morgan fingerprint density at radius 1 is 1.07 bits per heavy atom. The van der Waals surface area contributed by atoms with Crippen molar-refractivity contribution in [3.8, 4) is 5.69 Å². The molecule has 0 spiro atoms. The van der Waals surface area contributed by atoms with E-state index in [2.05, 4.69) is 36.3 Å². The standard InChI is InChI=1S/C19H14BrFN6O/c20-14-3-1-13(2-4-14)10-26-12-23-19(25-26)24-18(28)17-9-22-11-27(17)16-7-5-15(21)6-8-16/h1-9,11-12H,10H2,(H,24,25,28). The first-order valence-corrected chi connectivity index (χ1v) is 9.11. The number of aromatic nitrogens is 5. The van der Waals surface area contributed by atoms with Crippen molar-refractivity contribution in [3.63, 3.8) is 0 Å². The Bertz CT molecular complexity index is 1100. The third-order valence-electron chi connectivity index (χ3n) is 4.00. The van der Waals surface area contributed by atoms with Gasteiger partial charge < -0.3 is 0 Å². The number of anilines is 1. The van der Waals surface area contributed by atoms with Gasteiger partial charge in [0.15, 0.2) is 0 Å². The largest absolute Gasteiger partial charge is 0.295 e. The zero-order chi connectivity index (χ0) is 19.5. The first-order chi connectivity index (χ1) is 13.6. The van der Waals surface area contributed by atoms with Crippen molar-refractivity contribution in [1.82, 2.24) is 24.3 Å². The first kappa shape index (κ1) is 18.1. The molecule has 4 rings (SSSR count). The Hall–Kier alpha value is -3.33. The number of nitrogens with zero attached hydrogens (tertiary/aromatic N) is 5. The monoisotopic (exact) mass is 440 g/mol. The van der Waals surface area contributed by atoms with E-state index in [4.69, 9.17) is 0 Å². The zero-order valence-corrected chi connectivity index (χ0v) is 16.0. The summed E-state index contributed by atoms with van der Waals surface area (Å²) in [5, 5.41) is 6.93. The normalized spacial score (nSPS) is 10.8. The number of carbonyl (C=O) groups is 1. The minimum atomic E-state index is -0.414. The Labute approximate surface area is 168 Å². The smallest absolute Gasteiger partial charge is 0.276 e. The van der Waals surface area contributed by atoms with Gasteiger partial charge in [0.25, 0.3) is 5.91 Å². The maximum atomic E-state index is 13.1. The highest BCUT2D eigenvalue weighted by Crippen LogP contribution is 2.14. The number of hydrogen-bond acceptors (Lipinski definition) is 4. The number of rotatable bonds is 5. The van der Waals surface area contributed by atoms with E-state index in [1.54, 1.807) is 27.7 Å². The molecular weight excluding hydrogens is 427 g/mol. The zero-order valence-electron chi connectivity index (χ0n) is 14.5. The fraction of sp³-hybridized carbons (Fsp3) is 0.0526. The quantitative estimate of drug-likeness (QED) is 0.513. The summed E-state index contributed by atoms with van der Waals surface area (Å²) in [5.41, 5.74) is 1.97. The molecule has 0 radical (unpaired) electrons. The summed E-state index contributed by atoms with van der Waals surface area (Å²) in [6.07, 6.45) is 4.47. The minimum Gasteiger partial charge on any atom is -0.295 e. The summed E-state index contributed by atoms with van der Waals surface area (Å²) < 4.78 is 17.3. The van der Waals surface area contributed by atoms with E-state index in [0.29, 0.717) is 12.2 Å². The first-order valence-electron chi connectivity index (χ1n) is 8.32. The van der Waals surface area contributed by atoms with E-state index in [0.717, 1.165) is 10.0 Å². The van der Waals surface area contributed by atoms with Crippen LogP contribution in [0, 0.1) is 5.82 Å². The van der Waals surface area contributed by atoms with Crippen molar-refractivity contribution in [1.29, 1.82) is 0 Å². The van der Waals surface area contributed by atoms with Crippen molar-refractivity contribution < 1.29 is 9.18 Å². The molecule has 0 unspecified atom stereocenters. The van der Waals surface area contributed by atoms with Crippen molar-refractivity contribution in [2.75, 3.05) is 5.32 Å². The van der Waals surface area contributed by atoms with Crippen LogP contribution in [0.2, 0.25) is 0 Å². The van der Waals surface area contributed by atoms with Crippen LogP contribution in [0.3, 0.4) is 0 Å². The number of hydrogen-bond donors (Lipinski definition) is 1. The van der Waals surface area contributed by atoms with Gasteiger partial charge >= 0.3 is 0 Å². The Morgan fingerprint density at radius 3 is 2.57 bits per heavy atom. The molecule has 0 atom stereocenters. The molecule has 2 heterocycles. The highest BCUT2D eigenvalue weighted by Gasteiger charge is 2.15. The van der Waals surface area contributed by atoms with E-state index < -0.39 is 5.91 Å². The van der Waals surface area contributed by atoms with Gasteiger partial charge in [-0.1, -0.05) is 28.1 Å². The molecule has 140 valence electrons. The highest BCUT2D eigenvalue weighted by molar-refractivity contribution is 9.10. The summed E-state index contributed by atoms with van der Waals surface area (Å²) in [6.45, 7) is 0.531. The maximum absolute atomic E-state index is 13.1. The third kappa shape index (κ3) is 3.99. The summed E-state index contributed by atoms with van der Waals surface area (Å²) in [5.74, 6) is -0.576. The molecule has 0 bridgehead atoms. The van der Waals surface area contributed by atoms with Crippen LogP contribution in [0.1, 0.15) is 16.1 Å². The lowest BCUT2D eigenvalue weighted by Gasteiger charge is -2.07. The van der Waals surface area contributed by atoms with Crippen molar-refractivity contribution in [3.05, 3.63) is 88.9 Å². The van der Waals surface area contributed by atoms with Gasteiger partial charge in [-0.3, -0.25) is 14.7 Å². The number of benzene rings is 2. The molecule has 0 saturated heterocycles. The van der Waals surface area contributed by atoms with Crippen LogP contribution in [0.5, 0.6) is 0 Å². The second kappa shape index (κ2) is 7.73. The molecular formula is C19H14BrFN6O. The van der Waals surface area contributed by atoms with Crippen LogP contribution in [0.25, 0.3) is 5.69 Å². The number of halogens is 2. The van der Waals surface area contributed by atoms with E-state index in [1.807, 2.05) is 24.3 Å². The number of imidazole rings is 1. The average Bonchev–Trinajstić information content (AvgIpc) is 3.34. The van der Waals surface area contributed by atoms with Crippen LogP contribution in [0.15, 0.2) is 71.9 Å². The molecule has 0 aliphatic heterocycles.